The Morgan fingerprint density at radius 2 is 1.29 bits per heavy atom. The van der Waals surface area contributed by atoms with Gasteiger partial charge in [-0.15, -0.1) is 10.2 Å². The highest BCUT2D eigenvalue weighted by molar-refractivity contribution is 5.95. The van der Waals surface area contributed by atoms with Crippen molar-refractivity contribution in [1.29, 1.82) is 0 Å². The molecule has 4 aromatic rings. The number of hydrogen-bond acceptors (Lipinski definition) is 7. The Bertz CT molecular complexity index is 1300. The fourth-order valence-corrected chi connectivity index (χ4v) is 5.10. The zero-order chi connectivity index (χ0) is 23.6. The summed E-state index contributed by atoms with van der Waals surface area (Å²) in [5.74, 6) is -0.288. The van der Waals surface area contributed by atoms with Crippen molar-refractivity contribution < 1.29 is 4.39 Å². The highest BCUT2D eigenvalue weighted by Gasteiger charge is 2.17. The number of pyridine rings is 1. The van der Waals surface area contributed by atoms with Crippen LogP contribution in [0.15, 0.2) is 36.7 Å². The molecule has 10 heteroatoms. The molecule has 0 amide bonds. The maximum Gasteiger partial charge on any atom is 0.132 e. The van der Waals surface area contributed by atoms with E-state index in [4.69, 9.17) is 4.98 Å². The topological polar surface area (TPSA) is 80.8 Å². The van der Waals surface area contributed by atoms with E-state index in [1.165, 1.54) is 37.8 Å². The van der Waals surface area contributed by atoms with Gasteiger partial charge in [0, 0.05) is 18.5 Å². The summed E-state index contributed by atoms with van der Waals surface area (Å²) in [5.41, 5.74) is 2.67. The van der Waals surface area contributed by atoms with E-state index in [2.05, 4.69) is 30.4 Å². The van der Waals surface area contributed by atoms with Crippen LogP contribution in [0.2, 0.25) is 0 Å². The highest BCUT2D eigenvalue weighted by atomic mass is 19.1. The summed E-state index contributed by atoms with van der Waals surface area (Å²) in [4.78, 5) is 9.80. The second-order valence-electron chi connectivity index (χ2n) is 9.55. The monoisotopic (exact) mass is 475 g/mol. The van der Waals surface area contributed by atoms with Crippen LogP contribution in [-0.4, -0.2) is 84.0 Å². The molecular formula is C25H30FN9. The lowest BCUT2D eigenvalue weighted by molar-refractivity contribution is 0.314. The third-order valence-electron chi connectivity index (χ3n) is 7.06. The van der Waals surface area contributed by atoms with Crippen LogP contribution >= 0.6 is 0 Å². The van der Waals surface area contributed by atoms with Crippen LogP contribution in [0.3, 0.4) is 0 Å². The summed E-state index contributed by atoms with van der Waals surface area (Å²) in [6, 6.07) is 6.61. The van der Waals surface area contributed by atoms with Crippen molar-refractivity contribution in [2.45, 2.75) is 38.8 Å². The number of rotatable bonds is 8. The number of hydrogen-bond donors (Lipinski definition) is 0. The molecule has 9 nitrogen and oxygen atoms in total. The molecule has 0 bridgehead atoms. The van der Waals surface area contributed by atoms with E-state index in [1.54, 1.807) is 6.07 Å². The van der Waals surface area contributed by atoms with E-state index in [9.17, 15) is 4.39 Å². The molecule has 2 aliphatic rings. The fraction of sp³-hybridized carbons (Fsp3) is 0.480. The van der Waals surface area contributed by atoms with Gasteiger partial charge in [-0.1, -0.05) is 10.4 Å². The number of fused-ring (bicyclic) bond motifs is 1. The Kier molecular flexibility index (Phi) is 6.22. The number of likely N-dealkylation sites (tertiary alicyclic amines) is 2. The van der Waals surface area contributed by atoms with Gasteiger partial charge in [0.05, 0.1) is 31.2 Å². The fourth-order valence-electron chi connectivity index (χ4n) is 5.10. The second kappa shape index (κ2) is 9.79. The SMILES string of the molecule is Fc1ccc2c(-c3cn(CCN4CCCC4)nn3)nc(-c3cn(CCN4CCCC4)nn3)cc2c1. The van der Waals surface area contributed by atoms with E-state index in [0.717, 1.165) is 63.1 Å². The molecule has 0 unspecified atom stereocenters. The first-order valence-electron chi connectivity index (χ1n) is 12.6. The zero-order valence-electron chi connectivity index (χ0n) is 19.9. The van der Waals surface area contributed by atoms with Gasteiger partial charge in [-0.2, -0.15) is 0 Å². The van der Waals surface area contributed by atoms with Crippen LogP contribution in [-0.2, 0) is 13.1 Å². The molecule has 2 saturated heterocycles. The summed E-state index contributed by atoms with van der Waals surface area (Å²) >= 11 is 0. The third-order valence-corrected chi connectivity index (χ3v) is 7.06. The summed E-state index contributed by atoms with van der Waals surface area (Å²) in [6.07, 6.45) is 8.92. The summed E-state index contributed by atoms with van der Waals surface area (Å²) in [7, 11) is 0. The quantitative estimate of drug-likeness (QED) is 0.387. The van der Waals surface area contributed by atoms with Gasteiger partial charge in [0.15, 0.2) is 0 Å². The van der Waals surface area contributed by atoms with Gasteiger partial charge in [0.2, 0.25) is 0 Å². The zero-order valence-corrected chi connectivity index (χ0v) is 19.9. The molecule has 0 aliphatic carbocycles. The van der Waals surface area contributed by atoms with Crippen molar-refractivity contribution in [3.63, 3.8) is 0 Å². The molecule has 3 aromatic heterocycles. The van der Waals surface area contributed by atoms with Crippen LogP contribution in [0, 0.1) is 5.82 Å². The Morgan fingerprint density at radius 3 is 1.94 bits per heavy atom. The van der Waals surface area contributed by atoms with Crippen LogP contribution in [0.1, 0.15) is 25.7 Å². The lowest BCUT2D eigenvalue weighted by atomic mass is 10.1. The average molecular weight is 476 g/mol. The Balaban J connectivity index is 1.28. The van der Waals surface area contributed by atoms with Gasteiger partial charge in [-0.05, 0) is 81.5 Å². The standard InChI is InChI=1S/C25H30FN9/c26-20-5-6-21-19(15-20)16-22(23-17-34(30-28-23)13-11-32-7-1-2-8-32)27-25(21)24-18-35(31-29-24)14-12-33-9-3-4-10-33/h5-6,15-18H,1-4,7-14H2. The van der Waals surface area contributed by atoms with Gasteiger partial charge < -0.3 is 9.80 Å². The van der Waals surface area contributed by atoms with Crippen molar-refractivity contribution in [1.82, 2.24) is 44.8 Å². The molecule has 0 N–H and O–H groups in total. The van der Waals surface area contributed by atoms with Gasteiger partial charge in [-0.3, -0.25) is 9.36 Å². The molecule has 0 radical (unpaired) electrons. The number of nitrogens with zero attached hydrogens (tertiary/aromatic N) is 9. The molecule has 35 heavy (non-hydrogen) atoms. The molecule has 6 rings (SSSR count). The van der Waals surface area contributed by atoms with Crippen LogP contribution in [0.25, 0.3) is 33.5 Å². The largest absolute Gasteiger partial charge is 0.301 e. The van der Waals surface area contributed by atoms with Crippen molar-refractivity contribution in [2.75, 3.05) is 39.3 Å². The molecule has 0 atom stereocenters. The average Bonchev–Trinajstić information content (AvgIpc) is 3.68. The summed E-state index contributed by atoms with van der Waals surface area (Å²) < 4.78 is 17.8. The number of benzene rings is 1. The number of aromatic nitrogens is 7. The Labute approximate surface area is 203 Å². The van der Waals surface area contributed by atoms with Crippen molar-refractivity contribution >= 4 is 10.8 Å². The number of halogens is 1. The van der Waals surface area contributed by atoms with E-state index in [0.29, 0.717) is 22.8 Å². The normalized spacial score (nSPS) is 17.2. The van der Waals surface area contributed by atoms with Gasteiger partial charge in [-0.25, -0.2) is 9.37 Å². The first-order chi connectivity index (χ1) is 17.2. The molecule has 0 spiro atoms. The van der Waals surface area contributed by atoms with Crippen molar-refractivity contribution in [3.8, 4) is 22.8 Å². The van der Waals surface area contributed by atoms with Crippen LogP contribution < -0.4 is 0 Å². The molecule has 2 fully saturated rings. The van der Waals surface area contributed by atoms with E-state index in [1.807, 2.05) is 27.8 Å². The molecule has 0 saturated carbocycles. The molecule has 5 heterocycles. The Hall–Kier alpha value is -3.24. The van der Waals surface area contributed by atoms with E-state index >= 15 is 0 Å². The van der Waals surface area contributed by atoms with Gasteiger partial charge >= 0.3 is 0 Å². The maximum atomic E-state index is 14.1. The maximum absolute atomic E-state index is 14.1. The third kappa shape index (κ3) is 4.94. The van der Waals surface area contributed by atoms with Gasteiger partial charge in [0.25, 0.3) is 0 Å². The van der Waals surface area contributed by atoms with Crippen molar-refractivity contribution in [2.24, 2.45) is 0 Å². The minimum atomic E-state index is -0.288. The predicted octanol–water partition coefficient (Wildman–Crippen LogP) is 3.08. The molecular weight excluding hydrogens is 445 g/mol. The summed E-state index contributed by atoms with van der Waals surface area (Å²) in [5, 5.41) is 19.0. The second-order valence-corrected chi connectivity index (χ2v) is 9.55. The van der Waals surface area contributed by atoms with E-state index < -0.39 is 0 Å². The minimum absolute atomic E-state index is 0.288. The van der Waals surface area contributed by atoms with Crippen LogP contribution in [0.4, 0.5) is 4.39 Å². The molecule has 2 aliphatic heterocycles. The lowest BCUT2D eigenvalue weighted by Crippen LogP contribution is -2.24. The lowest BCUT2D eigenvalue weighted by Gasteiger charge is -2.13. The predicted molar refractivity (Wildman–Crippen MR) is 131 cm³/mol. The molecule has 1 aromatic carbocycles. The smallest absolute Gasteiger partial charge is 0.132 e. The Morgan fingerprint density at radius 1 is 0.686 bits per heavy atom. The van der Waals surface area contributed by atoms with E-state index in [-0.39, 0.29) is 5.82 Å². The summed E-state index contributed by atoms with van der Waals surface area (Å²) in [6.45, 7) is 8.11. The van der Waals surface area contributed by atoms with Crippen molar-refractivity contribution in [3.05, 3.63) is 42.5 Å². The molecule has 182 valence electrons. The van der Waals surface area contributed by atoms with Crippen LogP contribution in [0.5, 0.6) is 0 Å². The highest BCUT2D eigenvalue weighted by Crippen LogP contribution is 2.30. The van der Waals surface area contributed by atoms with Gasteiger partial charge in [0.1, 0.15) is 22.9 Å². The first kappa shape index (κ1) is 22.2. The first-order valence-corrected chi connectivity index (χ1v) is 12.6. The minimum Gasteiger partial charge on any atom is -0.301 e.